The van der Waals surface area contributed by atoms with Gasteiger partial charge in [-0.05, 0) is 55.0 Å². The smallest absolute Gasteiger partial charge is 0.289 e. The third kappa shape index (κ3) is 5.60. The van der Waals surface area contributed by atoms with Crippen molar-refractivity contribution in [1.82, 2.24) is 15.6 Å². The average molecular weight is 457 g/mol. The minimum atomic E-state index is -0.460. The molecule has 0 saturated carbocycles. The van der Waals surface area contributed by atoms with Crippen molar-refractivity contribution >= 4 is 12.1 Å². The fraction of sp³-hybridized carbons (Fsp3) is 0.115. The van der Waals surface area contributed by atoms with Crippen LogP contribution in [0.15, 0.2) is 84.0 Å². The summed E-state index contributed by atoms with van der Waals surface area (Å²) in [7, 11) is 0. The van der Waals surface area contributed by atoms with Crippen LogP contribution in [0.2, 0.25) is 0 Å². The van der Waals surface area contributed by atoms with Crippen LogP contribution in [0.5, 0.6) is 17.2 Å². The molecular formula is C26H24N4O4. The first-order valence-electron chi connectivity index (χ1n) is 10.7. The van der Waals surface area contributed by atoms with E-state index in [0.717, 1.165) is 16.9 Å². The minimum Gasteiger partial charge on any atom is -0.504 e. The van der Waals surface area contributed by atoms with Crippen LogP contribution in [-0.2, 0) is 6.61 Å². The number of nitrogens with zero attached hydrogens (tertiary/aromatic N) is 2. The van der Waals surface area contributed by atoms with Gasteiger partial charge in [0.15, 0.2) is 11.5 Å². The standard InChI is InChI=1S/C26H24N4O4/c1-2-33-24-10-6-9-20(25(24)31)16-27-30-26(32)23-15-22(28-29-23)19-11-13-21(14-12-19)34-17-18-7-4-3-5-8-18/h3-16,31H,2,17H2,1H3,(H,28,29)(H,30,32). The molecule has 1 amide bonds. The van der Waals surface area contributed by atoms with E-state index in [1.165, 1.54) is 6.21 Å². The second kappa shape index (κ2) is 10.8. The lowest BCUT2D eigenvalue weighted by Gasteiger charge is -2.07. The number of carbonyl (C=O) groups is 1. The SMILES string of the molecule is CCOc1cccc(C=NNC(=O)c2cc(-c3ccc(OCc4ccccc4)cc3)n[nH]2)c1O. The Hall–Kier alpha value is -4.59. The van der Waals surface area contributed by atoms with Crippen molar-refractivity contribution < 1.29 is 19.4 Å². The molecule has 0 bridgehead atoms. The maximum Gasteiger partial charge on any atom is 0.289 e. The zero-order chi connectivity index (χ0) is 23.8. The number of H-pyrrole nitrogens is 1. The quantitative estimate of drug-likeness (QED) is 0.253. The van der Waals surface area contributed by atoms with Crippen molar-refractivity contribution in [3.63, 3.8) is 0 Å². The van der Waals surface area contributed by atoms with Crippen LogP contribution in [0.25, 0.3) is 11.3 Å². The number of hydrogen-bond donors (Lipinski definition) is 3. The summed E-state index contributed by atoms with van der Waals surface area (Å²) in [6.07, 6.45) is 1.35. The minimum absolute atomic E-state index is 0.0395. The number of aromatic hydroxyl groups is 1. The van der Waals surface area contributed by atoms with Gasteiger partial charge in [-0.2, -0.15) is 10.2 Å². The predicted octanol–water partition coefficient (Wildman–Crippen LogP) is 4.52. The summed E-state index contributed by atoms with van der Waals surface area (Å²) in [6, 6.07) is 24.1. The van der Waals surface area contributed by atoms with Crippen LogP contribution >= 0.6 is 0 Å². The molecule has 34 heavy (non-hydrogen) atoms. The maximum absolute atomic E-state index is 12.4. The molecule has 0 aliphatic rings. The first-order valence-corrected chi connectivity index (χ1v) is 10.7. The number of rotatable bonds is 9. The molecule has 3 N–H and O–H groups in total. The van der Waals surface area contributed by atoms with Gasteiger partial charge in [0.05, 0.1) is 18.5 Å². The summed E-state index contributed by atoms with van der Waals surface area (Å²) in [4.78, 5) is 12.4. The molecule has 0 fully saturated rings. The van der Waals surface area contributed by atoms with Crippen molar-refractivity contribution in [3.8, 4) is 28.5 Å². The van der Waals surface area contributed by atoms with Crippen LogP contribution in [0.4, 0.5) is 0 Å². The average Bonchev–Trinajstić information content (AvgIpc) is 3.37. The second-order valence-electron chi connectivity index (χ2n) is 7.29. The predicted molar refractivity (Wildman–Crippen MR) is 129 cm³/mol. The molecule has 172 valence electrons. The molecule has 0 saturated heterocycles. The topological polar surface area (TPSA) is 109 Å². The lowest BCUT2D eigenvalue weighted by Crippen LogP contribution is -2.18. The summed E-state index contributed by atoms with van der Waals surface area (Å²) in [6.45, 7) is 2.74. The van der Waals surface area contributed by atoms with E-state index in [0.29, 0.717) is 30.2 Å². The number of hydrogen-bond acceptors (Lipinski definition) is 6. The number of amides is 1. The van der Waals surface area contributed by atoms with Gasteiger partial charge in [0.2, 0.25) is 0 Å². The molecule has 3 aromatic carbocycles. The van der Waals surface area contributed by atoms with Gasteiger partial charge in [0.25, 0.3) is 5.91 Å². The summed E-state index contributed by atoms with van der Waals surface area (Å²) in [5.74, 6) is 0.597. The first kappa shape index (κ1) is 22.6. The van der Waals surface area contributed by atoms with Crippen molar-refractivity contribution in [1.29, 1.82) is 0 Å². The van der Waals surface area contributed by atoms with Crippen LogP contribution < -0.4 is 14.9 Å². The van der Waals surface area contributed by atoms with E-state index in [1.807, 2.05) is 61.5 Å². The fourth-order valence-corrected chi connectivity index (χ4v) is 3.18. The maximum atomic E-state index is 12.4. The number of aromatic amines is 1. The molecule has 8 nitrogen and oxygen atoms in total. The summed E-state index contributed by atoms with van der Waals surface area (Å²) < 4.78 is 11.1. The lowest BCUT2D eigenvalue weighted by atomic mass is 10.1. The molecule has 0 aliphatic carbocycles. The van der Waals surface area contributed by atoms with E-state index in [2.05, 4.69) is 20.7 Å². The Bertz CT molecular complexity index is 1270. The second-order valence-corrected chi connectivity index (χ2v) is 7.29. The number of phenolic OH excluding ortho intramolecular Hbond substituents is 1. The summed E-state index contributed by atoms with van der Waals surface area (Å²) >= 11 is 0. The van der Waals surface area contributed by atoms with Crippen molar-refractivity contribution in [3.05, 3.63) is 95.7 Å². The highest BCUT2D eigenvalue weighted by atomic mass is 16.5. The van der Waals surface area contributed by atoms with E-state index in [-0.39, 0.29) is 11.4 Å². The molecule has 0 spiro atoms. The molecule has 0 atom stereocenters. The first-order chi connectivity index (χ1) is 16.6. The number of ether oxygens (including phenoxy) is 2. The van der Waals surface area contributed by atoms with Crippen LogP contribution in [0.1, 0.15) is 28.5 Å². The van der Waals surface area contributed by atoms with Gasteiger partial charge >= 0.3 is 0 Å². The highest BCUT2D eigenvalue weighted by molar-refractivity contribution is 5.94. The van der Waals surface area contributed by atoms with Crippen molar-refractivity contribution in [2.24, 2.45) is 5.10 Å². The molecule has 0 aliphatic heterocycles. The van der Waals surface area contributed by atoms with Gasteiger partial charge in [-0.3, -0.25) is 9.89 Å². The molecular weight excluding hydrogens is 432 g/mol. The van der Waals surface area contributed by atoms with Crippen molar-refractivity contribution in [2.75, 3.05) is 6.61 Å². The monoisotopic (exact) mass is 456 g/mol. The number of benzene rings is 3. The van der Waals surface area contributed by atoms with Crippen LogP contribution in [0, 0.1) is 0 Å². The van der Waals surface area contributed by atoms with Gasteiger partial charge in [0.1, 0.15) is 18.1 Å². The van der Waals surface area contributed by atoms with E-state index in [1.54, 1.807) is 24.3 Å². The molecule has 4 aromatic rings. The number of nitrogens with one attached hydrogen (secondary N) is 2. The third-order valence-corrected chi connectivity index (χ3v) is 4.92. The number of phenols is 1. The molecule has 8 heteroatoms. The largest absolute Gasteiger partial charge is 0.504 e. The van der Waals surface area contributed by atoms with Gasteiger partial charge in [-0.25, -0.2) is 5.43 Å². The zero-order valence-corrected chi connectivity index (χ0v) is 18.6. The molecule has 0 radical (unpaired) electrons. The number of carbonyl (C=O) groups excluding carboxylic acids is 1. The summed E-state index contributed by atoms with van der Waals surface area (Å²) in [5, 5.41) is 21.0. The Labute approximate surface area is 196 Å². The van der Waals surface area contributed by atoms with Crippen LogP contribution in [0.3, 0.4) is 0 Å². The Morgan fingerprint density at radius 3 is 2.62 bits per heavy atom. The lowest BCUT2D eigenvalue weighted by molar-refractivity contribution is 0.0950. The highest BCUT2D eigenvalue weighted by Crippen LogP contribution is 2.28. The van der Waals surface area contributed by atoms with Gasteiger partial charge in [-0.15, -0.1) is 0 Å². The number of hydrazone groups is 1. The molecule has 4 rings (SSSR count). The van der Waals surface area contributed by atoms with E-state index >= 15 is 0 Å². The van der Waals surface area contributed by atoms with Gasteiger partial charge in [-0.1, -0.05) is 36.4 Å². The van der Waals surface area contributed by atoms with Gasteiger partial charge in [0, 0.05) is 11.1 Å². The van der Waals surface area contributed by atoms with Crippen molar-refractivity contribution in [2.45, 2.75) is 13.5 Å². The Morgan fingerprint density at radius 2 is 1.85 bits per heavy atom. The Morgan fingerprint density at radius 1 is 1.06 bits per heavy atom. The fourth-order valence-electron chi connectivity index (χ4n) is 3.18. The van der Waals surface area contributed by atoms with Gasteiger partial charge < -0.3 is 14.6 Å². The molecule has 1 aromatic heterocycles. The van der Waals surface area contributed by atoms with E-state index in [9.17, 15) is 9.90 Å². The summed E-state index contributed by atoms with van der Waals surface area (Å²) in [5.41, 5.74) is 5.64. The van der Waals surface area contributed by atoms with E-state index < -0.39 is 5.91 Å². The Kier molecular flexibility index (Phi) is 7.19. The third-order valence-electron chi connectivity index (χ3n) is 4.92. The zero-order valence-electron chi connectivity index (χ0n) is 18.6. The highest BCUT2D eigenvalue weighted by Gasteiger charge is 2.11. The van der Waals surface area contributed by atoms with Crippen LogP contribution in [-0.4, -0.2) is 34.0 Å². The number of para-hydroxylation sites is 1. The van der Waals surface area contributed by atoms with E-state index in [4.69, 9.17) is 9.47 Å². The normalized spacial score (nSPS) is 10.9. The molecule has 0 unspecified atom stereocenters. The number of aromatic nitrogens is 2. The Balaban J connectivity index is 1.35. The molecule has 1 heterocycles.